The van der Waals surface area contributed by atoms with Gasteiger partial charge in [0.05, 0.1) is 13.5 Å². The van der Waals surface area contributed by atoms with E-state index in [1.165, 1.54) is 0 Å². The Labute approximate surface area is 146 Å². The predicted molar refractivity (Wildman–Crippen MR) is 94.7 cm³/mol. The van der Waals surface area contributed by atoms with Gasteiger partial charge in [-0.25, -0.2) is 0 Å². The molecule has 0 N–H and O–H groups in total. The highest BCUT2D eigenvalue weighted by Crippen LogP contribution is 2.23. The number of likely N-dealkylation sites (tertiary alicyclic amines) is 1. The van der Waals surface area contributed by atoms with E-state index in [4.69, 9.17) is 4.74 Å². The summed E-state index contributed by atoms with van der Waals surface area (Å²) in [6.07, 6.45) is 2.15. The summed E-state index contributed by atoms with van der Waals surface area (Å²) in [5.41, 5.74) is 0.688. The van der Waals surface area contributed by atoms with Crippen molar-refractivity contribution < 1.29 is 14.3 Å². The first-order valence-corrected chi connectivity index (χ1v) is 9.04. The van der Waals surface area contributed by atoms with Crippen LogP contribution in [0.4, 0.5) is 0 Å². The molecule has 2 heterocycles. The first-order valence-electron chi connectivity index (χ1n) is 8.16. The van der Waals surface area contributed by atoms with Crippen LogP contribution in [-0.2, 0) is 11.2 Å². The molecule has 2 aromatic rings. The smallest absolute Gasteiger partial charge is 0.227 e. The molecule has 1 saturated heterocycles. The molecule has 5 heteroatoms. The minimum atomic E-state index is -0.112. The van der Waals surface area contributed by atoms with Crippen molar-refractivity contribution in [2.45, 2.75) is 19.3 Å². The molecule has 0 aliphatic carbocycles. The second kappa shape index (κ2) is 7.62. The average molecular weight is 343 g/mol. The van der Waals surface area contributed by atoms with Gasteiger partial charge in [0.25, 0.3) is 0 Å². The molecular formula is C19H21NO3S. The lowest BCUT2D eigenvalue weighted by atomic mass is 9.90. The monoisotopic (exact) mass is 343 g/mol. The maximum absolute atomic E-state index is 12.7. The van der Waals surface area contributed by atoms with Gasteiger partial charge in [0.2, 0.25) is 5.91 Å². The van der Waals surface area contributed by atoms with Crippen molar-refractivity contribution in [3.05, 3.63) is 52.2 Å². The number of benzene rings is 1. The van der Waals surface area contributed by atoms with Crippen molar-refractivity contribution >= 4 is 23.0 Å². The van der Waals surface area contributed by atoms with Crippen LogP contribution < -0.4 is 4.74 Å². The van der Waals surface area contributed by atoms with Crippen LogP contribution in [0, 0.1) is 5.92 Å². The number of hydrogen-bond acceptors (Lipinski definition) is 4. The van der Waals surface area contributed by atoms with Gasteiger partial charge < -0.3 is 9.64 Å². The number of hydrogen-bond donors (Lipinski definition) is 0. The zero-order valence-electron chi connectivity index (χ0n) is 13.7. The van der Waals surface area contributed by atoms with Crippen molar-refractivity contribution in [2.75, 3.05) is 20.2 Å². The van der Waals surface area contributed by atoms with E-state index in [9.17, 15) is 9.59 Å². The normalized spacial score (nSPS) is 17.5. The number of ketones is 1. The first kappa shape index (κ1) is 16.7. The van der Waals surface area contributed by atoms with Crippen LogP contribution in [0.2, 0.25) is 0 Å². The molecule has 0 spiro atoms. The van der Waals surface area contributed by atoms with E-state index in [0.29, 0.717) is 18.5 Å². The SMILES string of the molecule is COc1ccc(C(=O)C2CCCN(C(=O)Cc3cccs3)C2)cc1. The van der Waals surface area contributed by atoms with E-state index in [2.05, 4.69) is 0 Å². The second-order valence-electron chi connectivity index (χ2n) is 6.03. The van der Waals surface area contributed by atoms with Gasteiger partial charge in [-0.05, 0) is 48.6 Å². The van der Waals surface area contributed by atoms with Crippen molar-refractivity contribution in [1.82, 2.24) is 4.90 Å². The molecule has 1 aromatic heterocycles. The average Bonchev–Trinajstić information content (AvgIpc) is 3.14. The lowest BCUT2D eigenvalue weighted by molar-refractivity contribution is -0.131. The molecular weight excluding hydrogens is 322 g/mol. The summed E-state index contributed by atoms with van der Waals surface area (Å²) in [7, 11) is 1.61. The third-order valence-electron chi connectivity index (χ3n) is 4.42. The summed E-state index contributed by atoms with van der Waals surface area (Å²) in [5, 5.41) is 1.98. The minimum absolute atomic E-state index is 0.112. The third-order valence-corrected chi connectivity index (χ3v) is 5.30. The van der Waals surface area contributed by atoms with E-state index in [1.54, 1.807) is 42.7 Å². The number of rotatable bonds is 5. The number of nitrogens with zero attached hydrogens (tertiary/aromatic N) is 1. The van der Waals surface area contributed by atoms with Crippen LogP contribution >= 0.6 is 11.3 Å². The topological polar surface area (TPSA) is 46.6 Å². The van der Waals surface area contributed by atoms with Gasteiger partial charge in [0, 0.05) is 29.4 Å². The fourth-order valence-corrected chi connectivity index (χ4v) is 3.78. The maximum atomic E-state index is 12.7. The van der Waals surface area contributed by atoms with Gasteiger partial charge in [0.15, 0.2) is 5.78 Å². The van der Waals surface area contributed by atoms with Crippen LogP contribution in [0.15, 0.2) is 41.8 Å². The molecule has 0 saturated carbocycles. The van der Waals surface area contributed by atoms with E-state index < -0.39 is 0 Å². The van der Waals surface area contributed by atoms with E-state index in [1.807, 2.05) is 22.4 Å². The standard InChI is InChI=1S/C19H21NO3S/c1-23-16-8-6-14(7-9-16)19(22)15-4-2-10-20(13-15)18(21)12-17-5-3-11-24-17/h3,5-9,11,15H,2,4,10,12-13H2,1H3. The van der Waals surface area contributed by atoms with Crippen LogP contribution in [0.3, 0.4) is 0 Å². The number of carbonyl (C=O) groups excluding carboxylic acids is 2. The molecule has 4 nitrogen and oxygen atoms in total. The Balaban J connectivity index is 1.63. The highest BCUT2D eigenvalue weighted by atomic mass is 32.1. The third kappa shape index (κ3) is 3.85. The van der Waals surface area contributed by atoms with E-state index in [0.717, 1.165) is 30.0 Å². The highest BCUT2D eigenvalue weighted by Gasteiger charge is 2.29. The fourth-order valence-electron chi connectivity index (χ4n) is 3.08. The van der Waals surface area contributed by atoms with Gasteiger partial charge in [-0.15, -0.1) is 11.3 Å². The Morgan fingerprint density at radius 1 is 1.25 bits per heavy atom. The Hall–Kier alpha value is -2.14. The largest absolute Gasteiger partial charge is 0.497 e. The van der Waals surface area contributed by atoms with Gasteiger partial charge in [0.1, 0.15) is 5.75 Å². The molecule has 1 aromatic carbocycles. The van der Waals surface area contributed by atoms with Gasteiger partial charge in [-0.3, -0.25) is 9.59 Å². The van der Waals surface area contributed by atoms with Crippen LogP contribution in [0.1, 0.15) is 28.1 Å². The van der Waals surface area contributed by atoms with E-state index in [-0.39, 0.29) is 17.6 Å². The summed E-state index contributed by atoms with van der Waals surface area (Å²) >= 11 is 1.60. The number of ether oxygens (including phenoxy) is 1. The van der Waals surface area contributed by atoms with E-state index >= 15 is 0 Å². The van der Waals surface area contributed by atoms with Gasteiger partial charge >= 0.3 is 0 Å². The summed E-state index contributed by atoms with van der Waals surface area (Å²) < 4.78 is 5.13. The van der Waals surface area contributed by atoms with Crippen LogP contribution in [0.5, 0.6) is 5.75 Å². The molecule has 1 atom stereocenters. The zero-order valence-corrected chi connectivity index (χ0v) is 14.6. The first-order chi connectivity index (χ1) is 11.7. The molecule has 1 aliphatic heterocycles. The van der Waals surface area contributed by atoms with Crippen molar-refractivity contribution in [3.63, 3.8) is 0 Å². The predicted octanol–water partition coefficient (Wildman–Crippen LogP) is 3.42. The summed E-state index contributed by atoms with van der Waals surface area (Å²) in [4.78, 5) is 28.1. The number of methoxy groups -OCH3 is 1. The Bertz CT molecular complexity index is 694. The highest BCUT2D eigenvalue weighted by molar-refractivity contribution is 7.10. The molecule has 1 amide bonds. The van der Waals surface area contributed by atoms with Crippen molar-refractivity contribution in [1.29, 1.82) is 0 Å². The number of thiophene rings is 1. The minimum Gasteiger partial charge on any atom is -0.497 e. The molecule has 1 unspecified atom stereocenters. The molecule has 1 fully saturated rings. The van der Waals surface area contributed by atoms with Gasteiger partial charge in [-0.2, -0.15) is 0 Å². The Kier molecular flexibility index (Phi) is 5.30. The Morgan fingerprint density at radius 2 is 2.04 bits per heavy atom. The van der Waals surface area contributed by atoms with Gasteiger partial charge in [-0.1, -0.05) is 6.07 Å². The lowest BCUT2D eigenvalue weighted by Gasteiger charge is -2.32. The van der Waals surface area contributed by atoms with Crippen molar-refractivity contribution in [3.8, 4) is 5.75 Å². The summed E-state index contributed by atoms with van der Waals surface area (Å²) in [6, 6.07) is 11.1. The number of carbonyl (C=O) groups is 2. The zero-order chi connectivity index (χ0) is 16.9. The number of piperidine rings is 1. The summed E-state index contributed by atoms with van der Waals surface area (Å²) in [5.74, 6) is 0.860. The second-order valence-corrected chi connectivity index (χ2v) is 7.06. The van der Waals surface area contributed by atoms with Crippen LogP contribution in [0.25, 0.3) is 0 Å². The molecule has 1 aliphatic rings. The van der Waals surface area contributed by atoms with Crippen LogP contribution in [-0.4, -0.2) is 36.8 Å². The molecule has 126 valence electrons. The maximum Gasteiger partial charge on any atom is 0.227 e. The molecule has 24 heavy (non-hydrogen) atoms. The quantitative estimate of drug-likeness (QED) is 0.782. The number of Topliss-reactive ketones (excluding diaryl/α,β-unsaturated/α-hetero) is 1. The summed E-state index contributed by atoms with van der Waals surface area (Å²) in [6.45, 7) is 1.27. The van der Waals surface area contributed by atoms with Crippen molar-refractivity contribution in [2.24, 2.45) is 5.92 Å². The lowest BCUT2D eigenvalue weighted by Crippen LogP contribution is -2.43. The molecule has 3 rings (SSSR count). The molecule has 0 bridgehead atoms. The number of amides is 1. The molecule has 0 radical (unpaired) electrons. The fraction of sp³-hybridized carbons (Fsp3) is 0.368. The Morgan fingerprint density at radius 3 is 2.71 bits per heavy atom.